The van der Waals surface area contributed by atoms with Crippen LogP contribution in [-0.2, 0) is 27.2 Å². The molecule has 1 amide bonds. The number of carboxylic acids is 1. The molecule has 1 atom stereocenters. The summed E-state index contributed by atoms with van der Waals surface area (Å²) in [6.45, 7) is 2.39. The number of carbonyl (C=O) groups excluding carboxylic acids is 1. The van der Waals surface area contributed by atoms with Gasteiger partial charge in [-0.2, -0.15) is 0 Å². The van der Waals surface area contributed by atoms with Gasteiger partial charge in [-0.3, -0.25) is 4.79 Å². The molecular formula is C16H23NO4. The smallest absolute Gasteiger partial charge is 0.326 e. The van der Waals surface area contributed by atoms with Gasteiger partial charge in [0, 0.05) is 26.6 Å². The molecule has 0 aromatic heterocycles. The van der Waals surface area contributed by atoms with E-state index >= 15 is 0 Å². The average molecular weight is 293 g/mol. The molecule has 1 rings (SSSR count). The topological polar surface area (TPSA) is 75.6 Å². The number of benzene rings is 1. The third-order valence-corrected chi connectivity index (χ3v) is 3.32. The zero-order valence-electron chi connectivity index (χ0n) is 12.6. The second-order valence-electron chi connectivity index (χ2n) is 4.91. The lowest BCUT2D eigenvalue weighted by molar-refractivity contribution is -0.142. The summed E-state index contributed by atoms with van der Waals surface area (Å²) in [7, 11) is 1.50. The van der Waals surface area contributed by atoms with E-state index in [0.717, 1.165) is 12.0 Å². The van der Waals surface area contributed by atoms with Gasteiger partial charge < -0.3 is 15.2 Å². The van der Waals surface area contributed by atoms with Crippen LogP contribution in [0.4, 0.5) is 0 Å². The number of carboxylic acid groups (broad SMARTS) is 1. The standard InChI is InChI=1S/C16H23NO4/c1-3-12-4-6-13(7-5-12)8-9-15(18)17-14(16(19)20)10-11-21-2/h4-7,14H,3,8-11H2,1-2H3,(H,17,18)(H,19,20). The third-order valence-electron chi connectivity index (χ3n) is 3.32. The maximum Gasteiger partial charge on any atom is 0.326 e. The van der Waals surface area contributed by atoms with Crippen LogP contribution in [0.2, 0.25) is 0 Å². The predicted molar refractivity (Wildman–Crippen MR) is 80.2 cm³/mol. The van der Waals surface area contributed by atoms with Crippen molar-refractivity contribution in [1.82, 2.24) is 5.32 Å². The van der Waals surface area contributed by atoms with Crippen LogP contribution in [0.1, 0.15) is 30.9 Å². The largest absolute Gasteiger partial charge is 0.480 e. The Labute approximate surface area is 125 Å². The van der Waals surface area contributed by atoms with Crippen molar-refractivity contribution in [1.29, 1.82) is 0 Å². The van der Waals surface area contributed by atoms with Gasteiger partial charge >= 0.3 is 5.97 Å². The molecule has 0 fully saturated rings. The van der Waals surface area contributed by atoms with Gasteiger partial charge in [-0.25, -0.2) is 4.79 Å². The first-order valence-electron chi connectivity index (χ1n) is 7.15. The van der Waals surface area contributed by atoms with Crippen LogP contribution in [0.5, 0.6) is 0 Å². The van der Waals surface area contributed by atoms with Crippen LogP contribution in [-0.4, -0.2) is 36.7 Å². The van der Waals surface area contributed by atoms with Crippen molar-refractivity contribution >= 4 is 11.9 Å². The Bertz CT molecular complexity index is 456. The Morgan fingerprint density at radius 3 is 2.38 bits per heavy atom. The van der Waals surface area contributed by atoms with E-state index in [-0.39, 0.29) is 18.7 Å². The lowest BCUT2D eigenvalue weighted by Gasteiger charge is -2.14. The van der Waals surface area contributed by atoms with Crippen molar-refractivity contribution in [2.24, 2.45) is 0 Å². The van der Waals surface area contributed by atoms with Crippen molar-refractivity contribution in [2.45, 2.75) is 38.6 Å². The van der Waals surface area contributed by atoms with Gasteiger partial charge in [0.1, 0.15) is 6.04 Å². The van der Waals surface area contributed by atoms with Crippen molar-refractivity contribution in [3.63, 3.8) is 0 Å². The van der Waals surface area contributed by atoms with E-state index in [2.05, 4.69) is 12.2 Å². The van der Waals surface area contributed by atoms with E-state index in [0.29, 0.717) is 13.0 Å². The Morgan fingerprint density at radius 1 is 1.24 bits per heavy atom. The third kappa shape index (κ3) is 6.40. The van der Waals surface area contributed by atoms with Crippen LogP contribution < -0.4 is 5.32 Å². The fourth-order valence-corrected chi connectivity index (χ4v) is 1.96. The van der Waals surface area contributed by atoms with Crippen LogP contribution in [0.25, 0.3) is 0 Å². The van der Waals surface area contributed by atoms with Crippen LogP contribution in [0.3, 0.4) is 0 Å². The molecular weight excluding hydrogens is 270 g/mol. The highest BCUT2D eigenvalue weighted by molar-refractivity contribution is 5.83. The minimum absolute atomic E-state index is 0.252. The van der Waals surface area contributed by atoms with Crippen molar-refractivity contribution in [2.75, 3.05) is 13.7 Å². The van der Waals surface area contributed by atoms with Crippen LogP contribution in [0, 0.1) is 0 Å². The molecule has 2 N–H and O–H groups in total. The number of carbonyl (C=O) groups is 2. The monoisotopic (exact) mass is 293 g/mol. The second kappa shape index (κ2) is 9.13. The SMILES string of the molecule is CCc1ccc(CCC(=O)NC(CCOC)C(=O)O)cc1. The average Bonchev–Trinajstić information content (AvgIpc) is 2.49. The molecule has 21 heavy (non-hydrogen) atoms. The summed E-state index contributed by atoms with van der Waals surface area (Å²) in [6, 6.07) is 7.22. The number of nitrogens with one attached hydrogen (secondary N) is 1. The molecule has 5 heteroatoms. The number of rotatable bonds is 9. The molecule has 1 aromatic rings. The van der Waals surface area contributed by atoms with Gasteiger partial charge in [0.25, 0.3) is 0 Å². The van der Waals surface area contributed by atoms with Gasteiger partial charge in [-0.05, 0) is 24.0 Å². The number of hydrogen-bond acceptors (Lipinski definition) is 3. The van der Waals surface area contributed by atoms with E-state index in [1.807, 2.05) is 24.3 Å². The van der Waals surface area contributed by atoms with Gasteiger partial charge in [-0.15, -0.1) is 0 Å². The van der Waals surface area contributed by atoms with E-state index in [4.69, 9.17) is 9.84 Å². The first kappa shape index (κ1) is 17.2. The van der Waals surface area contributed by atoms with Gasteiger partial charge in [0.15, 0.2) is 0 Å². The number of aryl methyl sites for hydroxylation is 2. The quantitative estimate of drug-likeness (QED) is 0.728. The number of hydrogen-bond donors (Lipinski definition) is 2. The summed E-state index contributed by atoms with van der Waals surface area (Å²) >= 11 is 0. The fourth-order valence-electron chi connectivity index (χ4n) is 1.96. The molecule has 1 unspecified atom stereocenters. The summed E-state index contributed by atoms with van der Waals surface area (Å²) in [5.74, 6) is -1.29. The lowest BCUT2D eigenvalue weighted by Crippen LogP contribution is -2.41. The zero-order valence-corrected chi connectivity index (χ0v) is 12.6. The summed E-state index contributed by atoms with van der Waals surface area (Å²) < 4.78 is 4.84. The summed E-state index contributed by atoms with van der Waals surface area (Å²) in [5, 5.41) is 11.5. The molecule has 0 bridgehead atoms. The molecule has 0 spiro atoms. The van der Waals surface area contributed by atoms with Gasteiger partial charge in [0.05, 0.1) is 0 Å². The van der Waals surface area contributed by atoms with E-state index in [1.54, 1.807) is 0 Å². The molecule has 5 nitrogen and oxygen atoms in total. The molecule has 0 aliphatic heterocycles. The highest BCUT2D eigenvalue weighted by Crippen LogP contribution is 2.07. The Balaban J connectivity index is 2.42. The zero-order chi connectivity index (χ0) is 15.7. The molecule has 116 valence electrons. The number of aliphatic carboxylic acids is 1. The van der Waals surface area contributed by atoms with Crippen molar-refractivity contribution in [3.05, 3.63) is 35.4 Å². The van der Waals surface area contributed by atoms with E-state index < -0.39 is 12.0 Å². The predicted octanol–water partition coefficient (Wildman–Crippen LogP) is 1.79. The highest BCUT2D eigenvalue weighted by Gasteiger charge is 2.19. The lowest BCUT2D eigenvalue weighted by atomic mass is 10.1. The molecule has 0 aliphatic rings. The molecule has 0 radical (unpaired) electrons. The van der Waals surface area contributed by atoms with Crippen LogP contribution >= 0.6 is 0 Å². The minimum Gasteiger partial charge on any atom is -0.480 e. The van der Waals surface area contributed by atoms with Crippen molar-refractivity contribution < 1.29 is 19.4 Å². The molecule has 1 aromatic carbocycles. The maximum atomic E-state index is 11.8. The molecule has 0 saturated heterocycles. The van der Waals surface area contributed by atoms with Gasteiger partial charge in [-0.1, -0.05) is 31.2 Å². The number of amides is 1. The molecule has 0 aliphatic carbocycles. The first-order valence-corrected chi connectivity index (χ1v) is 7.15. The summed E-state index contributed by atoms with van der Waals surface area (Å²) in [6.07, 6.45) is 2.14. The number of methoxy groups -OCH3 is 1. The Hall–Kier alpha value is -1.88. The van der Waals surface area contributed by atoms with E-state index in [1.165, 1.54) is 12.7 Å². The minimum atomic E-state index is -1.03. The molecule has 0 heterocycles. The Morgan fingerprint density at radius 2 is 1.86 bits per heavy atom. The summed E-state index contributed by atoms with van der Waals surface area (Å²) in [4.78, 5) is 22.8. The maximum absolute atomic E-state index is 11.8. The van der Waals surface area contributed by atoms with Crippen molar-refractivity contribution in [3.8, 4) is 0 Å². The Kier molecular flexibility index (Phi) is 7.46. The van der Waals surface area contributed by atoms with E-state index in [9.17, 15) is 9.59 Å². The first-order chi connectivity index (χ1) is 10.1. The molecule has 0 saturated carbocycles. The highest BCUT2D eigenvalue weighted by atomic mass is 16.5. The second-order valence-corrected chi connectivity index (χ2v) is 4.91. The fraction of sp³-hybridized carbons (Fsp3) is 0.500. The normalized spacial score (nSPS) is 11.9. The van der Waals surface area contributed by atoms with Gasteiger partial charge in [0.2, 0.25) is 5.91 Å². The summed E-state index contributed by atoms with van der Waals surface area (Å²) in [5.41, 5.74) is 2.33. The number of ether oxygens (including phenoxy) is 1. The van der Waals surface area contributed by atoms with Crippen LogP contribution in [0.15, 0.2) is 24.3 Å².